The zero-order chi connectivity index (χ0) is 13.9. The molecule has 1 aromatic carbocycles. The normalized spacial score (nSPS) is 11.3. The third kappa shape index (κ3) is 3.14. The van der Waals surface area contributed by atoms with E-state index in [1.807, 2.05) is 0 Å². The van der Waals surface area contributed by atoms with Crippen molar-refractivity contribution in [2.24, 2.45) is 5.73 Å². The molecule has 1 amide bonds. The average molecular weight is 291 g/mol. The highest BCUT2D eigenvalue weighted by atomic mass is 35.5. The number of rotatable bonds is 5. The number of carbonyl (C=O) groups is 1. The summed E-state index contributed by atoms with van der Waals surface area (Å²) in [6, 6.07) is 4.88. The summed E-state index contributed by atoms with van der Waals surface area (Å²) in [7, 11) is -3.57. The molecule has 18 heavy (non-hydrogen) atoms. The van der Waals surface area contributed by atoms with E-state index in [4.69, 9.17) is 17.3 Å². The van der Waals surface area contributed by atoms with Gasteiger partial charge in [-0.1, -0.05) is 17.7 Å². The first-order valence-corrected chi connectivity index (χ1v) is 7.32. The number of nitrogens with two attached hydrogens (primary N) is 1. The zero-order valence-corrected chi connectivity index (χ0v) is 11.8. The maximum absolute atomic E-state index is 12.0. The van der Waals surface area contributed by atoms with Crippen molar-refractivity contribution >= 4 is 33.2 Å². The van der Waals surface area contributed by atoms with Crippen molar-refractivity contribution in [3.05, 3.63) is 28.8 Å². The van der Waals surface area contributed by atoms with E-state index >= 15 is 0 Å². The lowest BCUT2D eigenvalue weighted by Gasteiger charge is -2.24. The van der Waals surface area contributed by atoms with Crippen LogP contribution in [0, 0.1) is 6.92 Å². The number of carbonyl (C=O) groups excluding carboxylic acids is 1. The van der Waals surface area contributed by atoms with Crippen LogP contribution in [-0.4, -0.2) is 26.6 Å². The largest absolute Gasteiger partial charge is 0.368 e. The Morgan fingerprint density at radius 3 is 2.56 bits per heavy atom. The molecular weight excluding hydrogens is 276 g/mol. The fourth-order valence-electron chi connectivity index (χ4n) is 1.50. The lowest BCUT2D eigenvalue weighted by molar-refractivity contribution is -0.116. The Hall–Kier alpha value is -1.27. The smallest absolute Gasteiger partial charge is 0.238 e. The van der Waals surface area contributed by atoms with Crippen LogP contribution < -0.4 is 10.0 Å². The van der Waals surface area contributed by atoms with E-state index in [-0.39, 0.29) is 5.75 Å². The summed E-state index contributed by atoms with van der Waals surface area (Å²) < 4.78 is 24.9. The molecule has 0 fully saturated rings. The molecule has 1 aromatic rings. The molecule has 5 nitrogen and oxygen atoms in total. The monoisotopic (exact) mass is 290 g/mol. The first-order chi connectivity index (χ1) is 8.29. The van der Waals surface area contributed by atoms with E-state index in [9.17, 15) is 13.2 Å². The summed E-state index contributed by atoms with van der Waals surface area (Å²) in [5, 5.41) is 0.438. The molecule has 0 unspecified atom stereocenters. The van der Waals surface area contributed by atoms with E-state index in [0.29, 0.717) is 16.3 Å². The Kier molecular flexibility index (Phi) is 4.59. The van der Waals surface area contributed by atoms with Crippen molar-refractivity contribution in [3.63, 3.8) is 0 Å². The molecule has 0 radical (unpaired) electrons. The Labute approximate surface area is 112 Å². The van der Waals surface area contributed by atoms with Gasteiger partial charge in [-0.05, 0) is 31.5 Å². The van der Waals surface area contributed by atoms with Crippen molar-refractivity contribution in [1.82, 2.24) is 0 Å². The maximum Gasteiger partial charge on any atom is 0.238 e. The summed E-state index contributed by atoms with van der Waals surface area (Å²) in [5.74, 6) is -0.835. The first-order valence-electron chi connectivity index (χ1n) is 5.33. The van der Waals surface area contributed by atoms with Gasteiger partial charge in [0, 0.05) is 5.02 Å². The van der Waals surface area contributed by atoms with Gasteiger partial charge in [0.05, 0.1) is 11.4 Å². The van der Waals surface area contributed by atoms with Crippen LogP contribution in [0.2, 0.25) is 5.02 Å². The van der Waals surface area contributed by atoms with Crippen molar-refractivity contribution in [2.75, 3.05) is 16.6 Å². The van der Waals surface area contributed by atoms with Gasteiger partial charge in [0.2, 0.25) is 15.9 Å². The Balaban J connectivity index is 3.35. The fourth-order valence-corrected chi connectivity index (χ4v) is 2.80. The van der Waals surface area contributed by atoms with E-state index < -0.39 is 22.5 Å². The predicted molar refractivity (Wildman–Crippen MR) is 72.2 cm³/mol. The molecular formula is C11H15ClN2O3S. The minimum atomic E-state index is -3.57. The lowest BCUT2D eigenvalue weighted by Crippen LogP contribution is -2.39. The molecule has 0 aromatic heterocycles. The molecule has 100 valence electrons. The summed E-state index contributed by atoms with van der Waals surface area (Å²) in [4.78, 5) is 11.0. The van der Waals surface area contributed by atoms with E-state index in [1.165, 1.54) is 6.92 Å². The Morgan fingerprint density at radius 1 is 1.44 bits per heavy atom. The number of amides is 1. The number of primary amides is 1. The molecule has 0 aliphatic heterocycles. The van der Waals surface area contributed by atoms with Gasteiger partial charge in [-0.25, -0.2) is 8.42 Å². The SMILES string of the molecule is CCS(=O)(=O)N(CC(N)=O)c1cccc(Cl)c1C. The molecule has 0 saturated carbocycles. The van der Waals surface area contributed by atoms with Gasteiger partial charge in [0.1, 0.15) is 6.54 Å². The van der Waals surface area contributed by atoms with Crippen molar-refractivity contribution in [2.45, 2.75) is 13.8 Å². The molecule has 0 heterocycles. The van der Waals surface area contributed by atoms with Crippen LogP contribution in [0.1, 0.15) is 12.5 Å². The average Bonchev–Trinajstić information content (AvgIpc) is 2.30. The number of nitrogens with zero attached hydrogens (tertiary/aromatic N) is 1. The van der Waals surface area contributed by atoms with Crippen LogP contribution in [0.5, 0.6) is 0 Å². The molecule has 0 bridgehead atoms. The van der Waals surface area contributed by atoms with Crippen LogP contribution in [0.25, 0.3) is 0 Å². The fraction of sp³-hybridized carbons (Fsp3) is 0.364. The van der Waals surface area contributed by atoms with Gasteiger partial charge < -0.3 is 5.73 Å². The van der Waals surface area contributed by atoms with Gasteiger partial charge >= 0.3 is 0 Å². The minimum Gasteiger partial charge on any atom is -0.368 e. The summed E-state index contributed by atoms with van der Waals surface area (Å²) in [6.07, 6.45) is 0. The predicted octanol–water partition coefficient (Wildman–Crippen LogP) is 1.29. The number of anilines is 1. The second kappa shape index (κ2) is 5.58. The van der Waals surface area contributed by atoms with Crippen molar-refractivity contribution in [1.29, 1.82) is 0 Å². The van der Waals surface area contributed by atoms with E-state index in [0.717, 1.165) is 4.31 Å². The lowest BCUT2D eigenvalue weighted by atomic mass is 10.2. The van der Waals surface area contributed by atoms with Gasteiger partial charge in [0.25, 0.3) is 0 Å². The van der Waals surface area contributed by atoms with Crippen LogP contribution >= 0.6 is 11.6 Å². The number of benzene rings is 1. The highest BCUT2D eigenvalue weighted by Crippen LogP contribution is 2.28. The quantitative estimate of drug-likeness (QED) is 0.887. The molecule has 0 atom stereocenters. The minimum absolute atomic E-state index is 0.119. The molecule has 1 rings (SSSR count). The molecule has 0 aliphatic carbocycles. The third-order valence-corrected chi connectivity index (χ3v) is 4.64. The molecule has 2 N–H and O–H groups in total. The number of hydrogen-bond donors (Lipinski definition) is 1. The summed E-state index contributed by atoms with van der Waals surface area (Å²) in [5.41, 5.74) is 6.06. The number of halogens is 1. The second-order valence-corrected chi connectivity index (χ2v) is 6.35. The first kappa shape index (κ1) is 14.8. The van der Waals surface area contributed by atoms with Gasteiger partial charge in [0.15, 0.2) is 0 Å². The Morgan fingerprint density at radius 2 is 2.06 bits per heavy atom. The van der Waals surface area contributed by atoms with Gasteiger partial charge in [-0.2, -0.15) is 0 Å². The van der Waals surface area contributed by atoms with Gasteiger partial charge in [-0.15, -0.1) is 0 Å². The Bertz CT molecular complexity index is 557. The molecule has 0 spiro atoms. The second-order valence-electron chi connectivity index (χ2n) is 3.76. The standard InChI is InChI=1S/C11H15ClN2O3S/c1-3-18(16,17)14(7-11(13)15)10-6-4-5-9(12)8(10)2/h4-6H,3,7H2,1-2H3,(H2,13,15). The van der Waals surface area contributed by atoms with Crippen molar-refractivity contribution in [3.8, 4) is 0 Å². The highest BCUT2D eigenvalue weighted by Gasteiger charge is 2.24. The number of sulfonamides is 1. The van der Waals surface area contributed by atoms with Crippen LogP contribution in [0.4, 0.5) is 5.69 Å². The molecule has 0 saturated heterocycles. The molecule has 7 heteroatoms. The van der Waals surface area contributed by atoms with Crippen LogP contribution in [0.3, 0.4) is 0 Å². The number of hydrogen-bond acceptors (Lipinski definition) is 3. The highest BCUT2D eigenvalue weighted by molar-refractivity contribution is 7.92. The van der Waals surface area contributed by atoms with Gasteiger partial charge in [-0.3, -0.25) is 9.10 Å². The topological polar surface area (TPSA) is 80.5 Å². The third-order valence-electron chi connectivity index (χ3n) is 2.51. The van der Waals surface area contributed by atoms with Crippen LogP contribution in [-0.2, 0) is 14.8 Å². The summed E-state index contributed by atoms with van der Waals surface area (Å²) in [6.45, 7) is 2.80. The van der Waals surface area contributed by atoms with E-state index in [2.05, 4.69) is 0 Å². The summed E-state index contributed by atoms with van der Waals surface area (Å²) >= 11 is 5.95. The van der Waals surface area contributed by atoms with Crippen molar-refractivity contribution < 1.29 is 13.2 Å². The van der Waals surface area contributed by atoms with Crippen LogP contribution in [0.15, 0.2) is 18.2 Å². The van der Waals surface area contributed by atoms with E-state index in [1.54, 1.807) is 25.1 Å². The zero-order valence-electron chi connectivity index (χ0n) is 10.2. The maximum atomic E-state index is 12.0. The molecule has 0 aliphatic rings.